The smallest absolute Gasteiger partial charge is 0.322 e. The molecule has 8 heteroatoms. The van der Waals surface area contributed by atoms with Crippen LogP contribution in [0.1, 0.15) is 10.4 Å². The number of anilines is 1. The van der Waals surface area contributed by atoms with E-state index in [1.807, 2.05) is 0 Å². The quantitative estimate of drug-likeness (QED) is 0.757. The molecule has 0 aliphatic rings. The fraction of sp³-hybridized carbons (Fsp3) is 0. The highest BCUT2D eigenvalue weighted by Gasteiger charge is 2.14. The maximum atomic E-state index is 13.2. The SMILES string of the molecule is O=C(Nc1nnc(-c2cccc(F)c2)o1)c1cc(Cl)cc(Cl)c1. The van der Waals surface area contributed by atoms with Gasteiger partial charge in [0.1, 0.15) is 5.82 Å². The van der Waals surface area contributed by atoms with Crippen molar-refractivity contribution in [2.45, 2.75) is 0 Å². The molecular formula is C15H8Cl2FN3O2. The average Bonchev–Trinajstić information content (AvgIpc) is 2.95. The standard InChI is InChI=1S/C15H8Cl2FN3O2/c16-10-4-9(5-11(17)7-10)13(22)19-15-21-20-14(23-15)8-2-1-3-12(18)6-8/h1-7H,(H,19,21,22). The van der Waals surface area contributed by atoms with Crippen LogP contribution in [0.25, 0.3) is 11.5 Å². The first-order chi connectivity index (χ1) is 11.0. The van der Waals surface area contributed by atoms with Crippen LogP contribution in [-0.4, -0.2) is 16.1 Å². The molecule has 0 saturated heterocycles. The van der Waals surface area contributed by atoms with Crippen LogP contribution in [0, 0.1) is 5.82 Å². The summed E-state index contributed by atoms with van der Waals surface area (Å²) in [7, 11) is 0. The van der Waals surface area contributed by atoms with Crippen molar-refractivity contribution in [2.75, 3.05) is 5.32 Å². The van der Waals surface area contributed by atoms with Crippen molar-refractivity contribution in [3.63, 3.8) is 0 Å². The molecule has 0 saturated carbocycles. The van der Waals surface area contributed by atoms with Crippen molar-refractivity contribution < 1.29 is 13.6 Å². The Morgan fingerprint density at radius 2 is 1.83 bits per heavy atom. The molecule has 3 aromatic rings. The van der Waals surface area contributed by atoms with Gasteiger partial charge in [-0.3, -0.25) is 10.1 Å². The monoisotopic (exact) mass is 351 g/mol. The predicted octanol–water partition coefficient (Wildman–Crippen LogP) is 4.43. The molecular weight excluding hydrogens is 344 g/mol. The Kier molecular flexibility index (Phi) is 4.27. The summed E-state index contributed by atoms with van der Waals surface area (Å²) < 4.78 is 18.5. The van der Waals surface area contributed by atoms with E-state index in [2.05, 4.69) is 15.5 Å². The first-order valence-corrected chi connectivity index (χ1v) is 7.14. The van der Waals surface area contributed by atoms with Gasteiger partial charge in [0.25, 0.3) is 5.91 Å². The van der Waals surface area contributed by atoms with Crippen molar-refractivity contribution in [3.05, 3.63) is 63.9 Å². The second-order valence-electron chi connectivity index (χ2n) is 4.53. The highest BCUT2D eigenvalue weighted by atomic mass is 35.5. The van der Waals surface area contributed by atoms with Gasteiger partial charge >= 0.3 is 6.01 Å². The van der Waals surface area contributed by atoms with E-state index < -0.39 is 11.7 Å². The second kappa shape index (κ2) is 6.36. The normalized spacial score (nSPS) is 10.6. The van der Waals surface area contributed by atoms with E-state index >= 15 is 0 Å². The highest BCUT2D eigenvalue weighted by molar-refractivity contribution is 6.35. The van der Waals surface area contributed by atoms with E-state index in [0.717, 1.165) is 0 Å². The molecule has 23 heavy (non-hydrogen) atoms. The lowest BCUT2D eigenvalue weighted by Crippen LogP contribution is -2.12. The number of nitrogens with one attached hydrogen (secondary N) is 1. The topological polar surface area (TPSA) is 68.0 Å². The third-order valence-electron chi connectivity index (χ3n) is 2.84. The number of carbonyl (C=O) groups excluding carboxylic acids is 1. The Balaban J connectivity index is 1.80. The van der Waals surface area contributed by atoms with Crippen LogP contribution >= 0.6 is 23.2 Å². The summed E-state index contributed by atoms with van der Waals surface area (Å²) in [6, 6.07) is 9.96. The maximum Gasteiger partial charge on any atom is 0.322 e. The van der Waals surface area contributed by atoms with Gasteiger partial charge in [-0.1, -0.05) is 34.4 Å². The van der Waals surface area contributed by atoms with Crippen molar-refractivity contribution in [1.82, 2.24) is 10.2 Å². The molecule has 2 aromatic carbocycles. The first kappa shape index (κ1) is 15.5. The van der Waals surface area contributed by atoms with E-state index in [1.165, 1.54) is 36.4 Å². The molecule has 1 N–H and O–H groups in total. The van der Waals surface area contributed by atoms with Gasteiger partial charge in [0.05, 0.1) is 0 Å². The predicted molar refractivity (Wildman–Crippen MR) is 84.1 cm³/mol. The van der Waals surface area contributed by atoms with E-state index in [9.17, 15) is 9.18 Å². The number of halogens is 3. The Labute approximate surface area is 140 Å². The largest absolute Gasteiger partial charge is 0.403 e. The van der Waals surface area contributed by atoms with Crippen molar-refractivity contribution in [2.24, 2.45) is 0 Å². The second-order valence-corrected chi connectivity index (χ2v) is 5.41. The fourth-order valence-corrected chi connectivity index (χ4v) is 2.39. The molecule has 1 heterocycles. The van der Waals surface area contributed by atoms with Gasteiger partial charge in [-0.05, 0) is 36.4 Å². The van der Waals surface area contributed by atoms with Gasteiger partial charge in [-0.25, -0.2) is 4.39 Å². The number of benzene rings is 2. The number of aromatic nitrogens is 2. The number of hydrogen-bond donors (Lipinski definition) is 1. The minimum atomic E-state index is -0.510. The van der Waals surface area contributed by atoms with Crippen LogP contribution in [0.4, 0.5) is 10.4 Å². The Bertz CT molecular complexity index is 862. The van der Waals surface area contributed by atoms with Gasteiger partial charge in [0.15, 0.2) is 0 Å². The highest BCUT2D eigenvalue weighted by Crippen LogP contribution is 2.22. The minimum Gasteiger partial charge on any atom is -0.403 e. The van der Waals surface area contributed by atoms with E-state index in [-0.39, 0.29) is 17.5 Å². The van der Waals surface area contributed by atoms with E-state index in [0.29, 0.717) is 15.6 Å². The third kappa shape index (κ3) is 3.67. The van der Waals surface area contributed by atoms with Crippen LogP contribution in [0.15, 0.2) is 46.9 Å². The van der Waals surface area contributed by atoms with Gasteiger partial charge in [0, 0.05) is 21.2 Å². The molecule has 0 bridgehead atoms. The van der Waals surface area contributed by atoms with Crippen LogP contribution in [-0.2, 0) is 0 Å². The van der Waals surface area contributed by atoms with E-state index in [1.54, 1.807) is 6.07 Å². The van der Waals surface area contributed by atoms with Gasteiger partial charge in [0.2, 0.25) is 5.89 Å². The summed E-state index contributed by atoms with van der Waals surface area (Å²) in [5.74, 6) is -0.854. The number of rotatable bonds is 3. The number of amides is 1. The van der Waals surface area contributed by atoms with Crippen LogP contribution in [0.3, 0.4) is 0 Å². The molecule has 1 aromatic heterocycles. The molecule has 5 nitrogen and oxygen atoms in total. The minimum absolute atomic E-state index is 0.0870. The van der Waals surface area contributed by atoms with Gasteiger partial charge in [-0.2, -0.15) is 0 Å². The average molecular weight is 352 g/mol. The van der Waals surface area contributed by atoms with Crippen LogP contribution < -0.4 is 5.32 Å². The van der Waals surface area contributed by atoms with Gasteiger partial charge < -0.3 is 4.42 Å². The molecule has 0 aliphatic carbocycles. The molecule has 0 aliphatic heterocycles. The molecule has 0 fully saturated rings. The maximum absolute atomic E-state index is 13.2. The number of hydrogen-bond acceptors (Lipinski definition) is 4. The van der Waals surface area contributed by atoms with Crippen molar-refractivity contribution in [1.29, 1.82) is 0 Å². The zero-order chi connectivity index (χ0) is 16.4. The lowest BCUT2D eigenvalue weighted by atomic mass is 10.2. The fourth-order valence-electron chi connectivity index (χ4n) is 1.87. The third-order valence-corrected chi connectivity index (χ3v) is 3.28. The van der Waals surface area contributed by atoms with Crippen molar-refractivity contribution >= 4 is 35.1 Å². The number of carbonyl (C=O) groups is 1. The summed E-state index contributed by atoms with van der Waals surface area (Å²) in [4.78, 5) is 12.1. The first-order valence-electron chi connectivity index (χ1n) is 6.38. The van der Waals surface area contributed by atoms with Gasteiger partial charge in [-0.15, -0.1) is 5.10 Å². The summed E-state index contributed by atoms with van der Waals surface area (Å²) in [6.45, 7) is 0. The molecule has 0 spiro atoms. The zero-order valence-corrected chi connectivity index (χ0v) is 12.9. The molecule has 116 valence electrons. The Hall–Kier alpha value is -2.44. The Morgan fingerprint density at radius 1 is 1.09 bits per heavy atom. The lowest BCUT2D eigenvalue weighted by Gasteiger charge is -2.02. The van der Waals surface area contributed by atoms with Crippen LogP contribution in [0.5, 0.6) is 0 Å². The van der Waals surface area contributed by atoms with E-state index in [4.69, 9.17) is 27.6 Å². The van der Waals surface area contributed by atoms with Crippen molar-refractivity contribution in [3.8, 4) is 11.5 Å². The molecule has 1 amide bonds. The summed E-state index contributed by atoms with van der Waals surface area (Å²) in [5, 5.41) is 10.5. The summed E-state index contributed by atoms with van der Waals surface area (Å²) in [6.07, 6.45) is 0. The molecule has 0 unspecified atom stereocenters. The lowest BCUT2D eigenvalue weighted by molar-refractivity contribution is 0.102. The van der Waals surface area contributed by atoms with Crippen LogP contribution in [0.2, 0.25) is 10.0 Å². The summed E-state index contributed by atoms with van der Waals surface area (Å²) >= 11 is 11.7. The number of nitrogens with zero attached hydrogens (tertiary/aromatic N) is 2. The Morgan fingerprint density at radius 3 is 2.52 bits per heavy atom. The summed E-state index contributed by atoms with van der Waals surface area (Å²) in [5.41, 5.74) is 0.650. The molecule has 3 rings (SSSR count). The molecule has 0 atom stereocenters. The zero-order valence-electron chi connectivity index (χ0n) is 11.4. The molecule has 0 radical (unpaired) electrons.